The zero-order valence-electron chi connectivity index (χ0n) is 18.4. The van der Waals surface area contributed by atoms with Crippen LogP contribution in [0.1, 0.15) is 91.9 Å². The molecule has 0 amide bonds. The Kier molecular flexibility index (Phi) is 7.62. The Balaban J connectivity index is 1.88. The van der Waals surface area contributed by atoms with Crippen LogP contribution in [0, 0.1) is 17.3 Å². The standard InChI is InChI=1S/C25H44N2/c1-19(2)26-17-25(18-27-20(3)4)15-23(21-11-7-5-8-12-21)24(16-25)22-13-9-6-10-14-22/h15-16,19-22,26-27H,5-14,17-18H2,1-4H3. The van der Waals surface area contributed by atoms with E-state index in [0.29, 0.717) is 12.1 Å². The lowest BCUT2D eigenvalue weighted by molar-refractivity contribution is 0.376. The molecule has 27 heavy (non-hydrogen) atoms. The Bertz CT molecular complexity index is 468. The van der Waals surface area contributed by atoms with Crippen molar-refractivity contribution >= 4 is 0 Å². The second-order valence-corrected chi connectivity index (χ2v) is 10.2. The van der Waals surface area contributed by atoms with Crippen molar-refractivity contribution < 1.29 is 0 Å². The van der Waals surface area contributed by atoms with Gasteiger partial charge in [0.05, 0.1) is 0 Å². The molecular weight excluding hydrogens is 328 g/mol. The summed E-state index contributed by atoms with van der Waals surface area (Å²) in [6.45, 7) is 11.2. The summed E-state index contributed by atoms with van der Waals surface area (Å²) in [7, 11) is 0. The van der Waals surface area contributed by atoms with E-state index in [0.717, 1.165) is 24.9 Å². The fraction of sp³-hybridized carbons (Fsp3) is 0.840. The molecule has 0 saturated heterocycles. The smallest absolute Gasteiger partial charge is 0.0323 e. The Morgan fingerprint density at radius 1 is 0.704 bits per heavy atom. The molecular formula is C25H44N2. The summed E-state index contributed by atoms with van der Waals surface area (Å²) in [5.41, 5.74) is 3.68. The Hall–Kier alpha value is -0.600. The van der Waals surface area contributed by atoms with Crippen LogP contribution in [-0.4, -0.2) is 25.2 Å². The average molecular weight is 373 g/mol. The predicted octanol–water partition coefficient (Wildman–Crippen LogP) is 6.00. The molecule has 0 heterocycles. The molecule has 2 saturated carbocycles. The highest BCUT2D eigenvalue weighted by Crippen LogP contribution is 2.47. The van der Waals surface area contributed by atoms with Gasteiger partial charge in [0.25, 0.3) is 0 Å². The van der Waals surface area contributed by atoms with E-state index >= 15 is 0 Å². The molecule has 0 aromatic rings. The lowest BCUT2D eigenvalue weighted by Crippen LogP contribution is -2.43. The molecule has 3 aliphatic carbocycles. The summed E-state index contributed by atoms with van der Waals surface area (Å²) < 4.78 is 0. The monoisotopic (exact) mass is 372 g/mol. The first-order chi connectivity index (χ1) is 13.0. The van der Waals surface area contributed by atoms with Crippen molar-refractivity contribution in [2.45, 2.75) is 104 Å². The fourth-order valence-corrected chi connectivity index (χ4v) is 5.42. The van der Waals surface area contributed by atoms with E-state index in [9.17, 15) is 0 Å². The zero-order chi connectivity index (χ0) is 19.3. The van der Waals surface area contributed by atoms with Gasteiger partial charge >= 0.3 is 0 Å². The molecule has 3 aliphatic rings. The molecule has 0 aromatic carbocycles. The summed E-state index contributed by atoms with van der Waals surface area (Å²) in [5.74, 6) is 1.65. The van der Waals surface area contributed by atoms with Gasteiger partial charge in [-0.2, -0.15) is 0 Å². The van der Waals surface area contributed by atoms with Crippen molar-refractivity contribution in [2.24, 2.45) is 17.3 Å². The van der Waals surface area contributed by atoms with Gasteiger partial charge in [0.1, 0.15) is 0 Å². The van der Waals surface area contributed by atoms with Gasteiger partial charge in [-0.25, -0.2) is 0 Å². The minimum atomic E-state index is 0.161. The summed E-state index contributed by atoms with van der Waals surface area (Å²) in [5, 5.41) is 7.54. The van der Waals surface area contributed by atoms with Gasteiger partial charge in [-0.05, 0) is 48.7 Å². The van der Waals surface area contributed by atoms with Gasteiger partial charge in [0.15, 0.2) is 0 Å². The molecule has 2 fully saturated rings. The van der Waals surface area contributed by atoms with Crippen molar-refractivity contribution in [3.05, 3.63) is 23.3 Å². The molecule has 154 valence electrons. The van der Waals surface area contributed by atoms with Gasteiger partial charge in [-0.15, -0.1) is 0 Å². The van der Waals surface area contributed by atoms with Gasteiger partial charge in [0, 0.05) is 30.6 Å². The van der Waals surface area contributed by atoms with Crippen LogP contribution in [0.4, 0.5) is 0 Å². The number of allylic oxidation sites excluding steroid dienone is 2. The van der Waals surface area contributed by atoms with Gasteiger partial charge in [0.2, 0.25) is 0 Å². The van der Waals surface area contributed by atoms with Crippen molar-refractivity contribution in [1.82, 2.24) is 10.6 Å². The third kappa shape index (κ3) is 5.70. The van der Waals surface area contributed by atoms with E-state index in [4.69, 9.17) is 0 Å². The first-order valence-corrected chi connectivity index (χ1v) is 11.9. The maximum absolute atomic E-state index is 3.77. The van der Waals surface area contributed by atoms with Crippen LogP contribution in [0.25, 0.3) is 0 Å². The molecule has 0 spiro atoms. The second kappa shape index (κ2) is 9.74. The normalized spacial score (nSPS) is 24.5. The van der Waals surface area contributed by atoms with Gasteiger partial charge in [-0.1, -0.05) is 78.4 Å². The van der Waals surface area contributed by atoms with E-state index in [-0.39, 0.29) is 5.41 Å². The molecule has 0 bridgehead atoms. The number of hydrogen-bond donors (Lipinski definition) is 2. The first-order valence-electron chi connectivity index (χ1n) is 11.9. The molecule has 0 aliphatic heterocycles. The fourth-order valence-electron chi connectivity index (χ4n) is 5.42. The molecule has 2 N–H and O–H groups in total. The van der Waals surface area contributed by atoms with Crippen LogP contribution in [0.2, 0.25) is 0 Å². The maximum atomic E-state index is 3.77. The highest BCUT2D eigenvalue weighted by molar-refractivity contribution is 5.46. The molecule has 0 aromatic heterocycles. The van der Waals surface area contributed by atoms with Crippen molar-refractivity contribution in [1.29, 1.82) is 0 Å². The minimum Gasteiger partial charge on any atom is -0.313 e. The van der Waals surface area contributed by atoms with Crippen LogP contribution in [0.5, 0.6) is 0 Å². The van der Waals surface area contributed by atoms with Crippen LogP contribution in [-0.2, 0) is 0 Å². The summed E-state index contributed by atoms with van der Waals surface area (Å²) in [4.78, 5) is 0. The zero-order valence-corrected chi connectivity index (χ0v) is 18.4. The van der Waals surface area contributed by atoms with Crippen molar-refractivity contribution in [3.8, 4) is 0 Å². The van der Waals surface area contributed by atoms with E-state index < -0.39 is 0 Å². The topological polar surface area (TPSA) is 24.1 Å². The third-order valence-electron chi connectivity index (χ3n) is 6.99. The molecule has 2 heteroatoms. The number of nitrogens with one attached hydrogen (secondary N) is 2. The maximum Gasteiger partial charge on any atom is 0.0323 e. The van der Waals surface area contributed by atoms with Crippen molar-refractivity contribution in [2.75, 3.05) is 13.1 Å². The van der Waals surface area contributed by atoms with E-state index in [1.807, 2.05) is 0 Å². The number of hydrogen-bond acceptors (Lipinski definition) is 2. The summed E-state index contributed by atoms with van der Waals surface area (Å²) in [6, 6.07) is 1.08. The molecule has 0 atom stereocenters. The van der Waals surface area contributed by atoms with Gasteiger partial charge in [-0.3, -0.25) is 0 Å². The van der Waals surface area contributed by atoms with Crippen LogP contribution in [0.15, 0.2) is 23.3 Å². The molecule has 0 unspecified atom stereocenters. The Morgan fingerprint density at radius 2 is 1.07 bits per heavy atom. The Morgan fingerprint density at radius 3 is 1.41 bits per heavy atom. The quantitative estimate of drug-likeness (QED) is 0.546. The lowest BCUT2D eigenvalue weighted by Gasteiger charge is -2.30. The highest BCUT2D eigenvalue weighted by atomic mass is 15.0. The summed E-state index contributed by atoms with van der Waals surface area (Å²) >= 11 is 0. The highest BCUT2D eigenvalue weighted by Gasteiger charge is 2.38. The van der Waals surface area contributed by atoms with E-state index in [1.165, 1.54) is 64.2 Å². The van der Waals surface area contributed by atoms with E-state index in [1.54, 1.807) is 11.1 Å². The predicted molar refractivity (Wildman–Crippen MR) is 118 cm³/mol. The summed E-state index contributed by atoms with van der Waals surface area (Å²) in [6.07, 6.45) is 19.7. The first kappa shape index (κ1) is 21.1. The molecule has 0 radical (unpaired) electrons. The van der Waals surface area contributed by atoms with E-state index in [2.05, 4.69) is 50.5 Å². The SMILES string of the molecule is CC(C)NCC1(CNC(C)C)C=C(C2CCCCC2)C(C2CCCCC2)=C1. The Labute approximate surface area is 168 Å². The largest absolute Gasteiger partial charge is 0.313 e. The van der Waals surface area contributed by atoms with Crippen LogP contribution >= 0.6 is 0 Å². The second-order valence-electron chi connectivity index (χ2n) is 10.2. The van der Waals surface area contributed by atoms with Crippen molar-refractivity contribution in [3.63, 3.8) is 0 Å². The van der Waals surface area contributed by atoms with Crippen LogP contribution < -0.4 is 10.6 Å². The lowest BCUT2D eigenvalue weighted by atomic mass is 9.75. The van der Waals surface area contributed by atoms with Crippen LogP contribution in [0.3, 0.4) is 0 Å². The minimum absolute atomic E-state index is 0.161. The average Bonchev–Trinajstić information content (AvgIpc) is 3.07. The number of rotatable bonds is 8. The third-order valence-corrected chi connectivity index (χ3v) is 6.99. The molecule has 2 nitrogen and oxygen atoms in total. The van der Waals surface area contributed by atoms with Gasteiger partial charge < -0.3 is 10.6 Å². The molecule has 3 rings (SSSR count).